The van der Waals surface area contributed by atoms with E-state index in [2.05, 4.69) is 4.98 Å². The lowest BCUT2D eigenvalue weighted by molar-refractivity contribution is -0.384. The molecule has 0 spiro atoms. The molecule has 2 aromatic carbocycles. The van der Waals surface area contributed by atoms with Gasteiger partial charge in [0.15, 0.2) is 0 Å². The van der Waals surface area contributed by atoms with E-state index in [1.165, 1.54) is 30.3 Å². The lowest BCUT2D eigenvalue weighted by Crippen LogP contribution is -2.04. The number of fused-ring (bicyclic) bond motifs is 1. The highest BCUT2D eigenvalue weighted by Crippen LogP contribution is 2.28. The van der Waals surface area contributed by atoms with Gasteiger partial charge in [-0.15, -0.1) is 0 Å². The third-order valence-corrected chi connectivity index (χ3v) is 3.15. The van der Waals surface area contributed by atoms with Gasteiger partial charge in [-0.3, -0.25) is 20.2 Å². The molecular weight excluding hydrogens is 306 g/mol. The summed E-state index contributed by atoms with van der Waals surface area (Å²) >= 11 is 0. The van der Waals surface area contributed by atoms with Crippen molar-refractivity contribution in [1.82, 2.24) is 4.98 Å². The molecule has 0 unspecified atom stereocenters. The highest BCUT2D eigenvalue weighted by molar-refractivity contribution is 5.81. The van der Waals surface area contributed by atoms with Crippen LogP contribution in [0.3, 0.4) is 0 Å². The second-order valence-corrected chi connectivity index (χ2v) is 4.54. The van der Waals surface area contributed by atoms with E-state index in [-0.39, 0.29) is 33.7 Å². The van der Waals surface area contributed by atoms with Crippen molar-refractivity contribution in [2.45, 2.75) is 0 Å². The van der Waals surface area contributed by atoms with Gasteiger partial charge in [-0.25, -0.2) is 9.78 Å². The summed E-state index contributed by atoms with van der Waals surface area (Å²) in [5, 5.41) is 21.7. The van der Waals surface area contributed by atoms with Gasteiger partial charge in [-0.2, -0.15) is 0 Å². The Morgan fingerprint density at radius 1 is 1.00 bits per heavy atom. The number of non-ortho nitro benzene ring substituents is 1. The van der Waals surface area contributed by atoms with Crippen LogP contribution < -0.4 is 5.63 Å². The summed E-state index contributed by atoms with van der Waals surface area (Å²) in [6, 6.07) is 9.23. The molecule has 0 aliphatic rings. The van der Waals surface area contributed by atoms with Gasteiger partial charge in [0.2, 0.25) is 5.89 Å². The van der Waals surface area contributed by atoms with E-state index < -0.39 is 15.5 Å². The first-order chi connectivity index (χ1) is 11.0. The summed E-state index contributed by atoms with van der Waals surface area (Å²) in [7, 11) is 0. The summed E-state index contributed by atoms with van der Waals surface area (Å²) in [5.74, 6) is -0.219. The van der Waals surface area contributed by atoms with Crippen molar-refractivity contribution in [3.05, 3.63) is 73.1 Å². The molecule has 23 heavy (non-hydrogen) atoms. The molecule has 3 rings (SSSR count). The molecular formula is C14H7N3O6. The van der Waals surface area contributed by atoms with Crippen LogP contribution in [-0.2, 0) is 0 Å². The fourth-order valence-corrected chi connectivity index (χ4v) is 2.10. The molecule has 1 heterocycles. The fourth-order valence-electron chi connectivity index (χ4n) is 2.10. The Labute approximate surface area is 127 Å². The molecule has 0 radical (unpaired) electrons. The lowest BCUT2D eigenvalue weighted by atomic mass is 10.1. The van der Waals surface area contributed by atoms with Gasteiger partial charge < -0.3 is 4.42 Å². The molecule has 0 amide bonds. The van der Waals surface area contributed by atoms with Crippen molar-refractivity contribution in [3.63, 3.8) is 0 Å². The van der Waals surface area contributed by atoms with Gasteiger partial charge in [0, 0.05) is 18.2 Å². The van der Waals surface area contributed by atoms with E-state index in [9.17, 15) is 25.0 Å². The molecule has 1 aromatic heterocycles. The standard InChI is InChI=1S/C14H7N3O6/c18-14-10-7-8(16(19)20)5-6-11(10)15-13(23-14)9-3-1-2-4-12(9)17(21)22/h1-7H. The maximum atomic E-state index is 12.0. The van der Waals surface area contributed by atoms with Crippen LogP contribution in [0.4, 0.5) is 11.4 Å². The van der Waals surface area contributed by atoms with Gasteiger partial charge in [0.25, 0.3) is 11.4 Å². The number of nitro groups is 2. The SMILES string of the molecule is O=c1oc(-c2ccccc2[N+](=O)[O-])nc2ccc([N+](=O)[O-])cc12. The van der Waals surface area contributed by atoms with Crippen LogP contribution in [0.25, 0.3) is 22.4 Å². The van der Waals surface area contributed by atoms with E-state index in [1.807, 2.05) is 0 Å². The second-order valence-electron chi connectivity index (χ2n) is 4.54. The molecule has 0 N–H and O–H groups in total. The van der Waals surface area contributed by atoms with Crippen LogP contribution in [0.5, 0.6) is 0 Å². The van der Waals surface area contributed by atoms with Crippen molar-refractivity contribution < 1.29 is 14.3 Å². The number of para-hydroxylation sites is 1. The van der Waals surface area contributed by atoms with E-state index in [1.54, 1.807) is 6.07 Å². The molecule has 9 nitrogen and oxygen atoms in total. The molecule has 0 saturated carbocycles. The molecule has 0 saturated heterocycles. The third-order valence-electron chi connectivity index (χ3n) is 3.15. The first kappa shape index (κ1) is 14.3. The minimum atomic E-state index is -0.855. The van der Waals surface area contributed by atoms with Crippen molar-refractivity contribution in [2.75, 3.05) is 0 Å². The van der Waals surface area contributed by atoms with Gasteiger partial charge in [0.05, 0.1) is 20.7 Å². The number of rotatable bonds is 3. The number of benzene rings is 2. The number of hydrogen-bond acceptors (Lipinski definition) is 7. The minimum Gasteiger partial charge on any atom is -0.403 e. The Bertz CT molecular complexity index is 1010. The molecule has 0 aliphatic heterocycles. The predicted octanol–water partition coefficient (Wildman–Crippen LogP) is 2.67. The molecule has 9 heteroatoms. The van der Waals surface area contributed by atoms with E-state index >= 15 is 0 Å². The predicted molar refractivity (Wildman–Crippen MR) is 79.0 cm³/mol. The Kier molecular flexibility index (Phi) is 3.30. The number of aromatic nitrogens is 1. The maximum absolute atomic E-state index is 12.0. The molecule has 0 bridgehead atoms. The van der Waals surface area contributed by atoms with Crippen LogP contribution in [0.1, 0.15) is 0 Å². The topological polar surface area (TPSA) is 129 Å². The Balaban J connectivity index is 2.26. The average molecular weight is 313 g/mol. The van der Waals surface area contributed by atoms with Gasteiger partial charge in [-0.05, 0) is 12.1 Å². The minimum absolute atomic E-state index is 0.0508. The zero-order chi connectivity index (χ0) is 16.6. The Morgan fingerprint density at radius 3 is 2.43 bits per heavy atom. The van der Waals surface area contributed by atoms with Gasteiger partial charge >= 0.3 is 5.63 Å². The van der Waals surface area contributed by atoms with Crippen LogP contribution in [0, 0.1) is 20.2 Å². The largest absolute Gasteiger partial charge is 0.403 e. The summed E-state index contributed by atoms with van der Waals surface area (Å²) in [6.45, 7) is 0. The van der Waals surface area contributed by atoms with Crippen LogP contribution >= 0.6 is 0 Å². The van der Waals surface area contributed by atoms with Crippen molar-refractivity contribution in [1.29, 1.82) is 0 Å². The summed E-state index contributed by atoms with van der Waals surface area (Å²) in [4.78, 5) is 36.6. The Morgan fingerprint density at radius 2 is 1.74 bits per heavy atom. The smallest absolute Gasteiger partial charge is 0.347 e. The molecule has 0 atom stereocenters. The number of hydrogen-bond donors (Lipinski definition) is 0. The number of nitrogens with zero attached hydrogens (tertiary/aromatic N) is 3. The molecule has 114 valence electrons. The Hall–Kier alpha value is -3.62. The van der Waals surface area contributed by atoms with Gasteiger partial charge in [-0.1, -0.05) is 12.1 Å². The monoisotopic (exact) mass is 313 g/mol. The quantitative estimate of drug-likeness (QED) is 0.536. The summed E-state index contributed by atoms with van der Waals surface area (Å²) < 4.78 is 5.01. The van der Waals surface area contributed by atoms with Crippen molar-refractivity contribution in [2.24, 2.45) is 0 Å². The van der Waals surface area contributed by atoms with Crippen molar-refractivity contribution >= 4 is 22.3 Å². The van der Waals surface area contributed by atoms with E-state index in [0.717, 1.165) is 6.07 Å². The first-order valence-corrected chi connectivity index (χ1v) is 6.30. The highest BCUT2D eigenvalue weighted by Gasteiger charge is 2.19. The zero-order valence-corrected chi connectivity index (χ0v) is 11.3. The molecule has 0 fully saturated rings. The number of nitro benzene ring substituents is 2. The summed E-state index contributed by atoms with van der Waals surface area (Å²) in [5.41, 5.74) is -1.18. The lowest BCUT2D eigenvalue weighted by Gasteiger charge is -2.02. The normalized spacial score (nSPS) is 10.6. The fraction of sp³-hybridized carbons (Fsp3) is 0. The van der Waals surface area contributed by atoms with Gasteiger partial charge in [0.1, 0.15) is 5.56 Å². The zero-order valence-electron chi connectivity index (χ0n) is 11.3. The maximum Gasteiger partial charge on any atom is 0.347 e. The van der Waals surface area contributed by atoms with Crippen LogP contribution in [0.2, 0.25) is 0 Å². The van der Waals surface area contributed by atoms with Crippen LogP contribution in [-0.4, -0.2) is 14.8 Å². The second kappa shape index (κ2) is 5.30. The molecule has 0 aliphatic carbocycles. The van der Waals surface area contributed by atoms with Crippen LogP contribution in [0.15, 0.2) is 51.7 Å². The van der Waals surface area contributed by atoms with E-state index in [0.29, 0.717) is 0 Å². The molecule has 3 aromatic rings. The third kappa shape index (κ3) is 2.50. The average Bonchev–Trinajstić information content (AvgIpc) is 2.54. The van der Waals surface area contributed by atoms with Crippen molar-refractivity contribution in [3.8, 4) is 11.5 Å². The summed E-state index contributed by atoms with van der Waals surface area (Å²) in [6.07, 6.45) is 0. The first-order valence-electron chi connectivity index (χ1n) is 6.30. The highest BCUT2D eigenvalue weighted by atomic mass is 16.6. The van der Waals surface area contributed by atoms with E-state index in [4.69, 9.17) is 4.42 Å².